The molecule has 2 aromatic heterocycles. The molecule has 0 aliphatic carbocycles. The first-order valence-corrected chi connectivity index (χ1v) is 8.35. The molecule has 2 heterocycles. The zero-order valence-electron chi connectivity index (χ0n) is 11.9. The first-order valence-electron chi connectivity index (χ1n) is 6.46. The van der Waals surface area contributed by atoms with E-state index in [0.717, 1.165) is 26.8 Å². The van der Waals surface area contributed by atoms with Crippen LogP contribution < -0.4 is 0 Å². The molecule has 0 atom stereocenters. The van der Waals surface area contributed by atoms with Crippen molar-refractivity contribution in [3.05, 3.63) is 45.3 Å². The molecule has 5 nitrogen and oxygen atoms in total. The average molecular weight is 425 g/mol. The number of aryl methyl sites for hydroxylation is 1. The third kappa shape index (κ3) is 2.91. The quantitative estimate of drug-likeness (QED) is 0.511. The highest BCUT2D eigenvalue weighted by molar-refractivity contribution is 14.1. The number of aromatic nitrogens is 3. The van der Waals surface area contributed by atoms with Crippen molar-refractivity contribution in [3.8, 4) is 21.1 Å². The lowest BCUT2D eigenvalue weighted by atomic mass is 10.2. The molecule has 0 spiro atoms. The second kappa shape index (κ2) is 6.17. The highest BCUT2D eigenvalue weighted by Gasteiger charge is 2.16. The van der Waals surface area contributed by atoms with E-state index in [2.05, 4.69) is 66.8 Å². The molecular formula is C15H12IN3O2S. The number of hydrogen-bond donors (Lipinski definition) is 1. The molecule has 0 aliphatic heterocycles. The molecule has 0 amide bonds. The van der Waals surface area contributed by atoms with Gasteiger partial charge in [-0.3, -0.25) is 5.10 Å². The summed E-state index contributed by atoms with van der Waals surface area (Å²) in [5.74, 6) is -0.456. The Morgan fingerprint density at radius 1 is 1.32 bits per heavy atom. The average Bonchev–Trinajstić information content (AvgIpc) is 3.14. The minimum Gasteiger partial charge on any atom is -0.464 e. The third-order valence-corrected chi connectivity index (χ3v) is 5.06. The number of nitrogens with zero attached hydrogens (tertiary/aromatic N) is 2. The summed E-state index contributed by atoms with van der Waals surface area (Å²) in [6, 6.07) is 9.90. The van der Waals surface area contributed by atoms with Gasteiger partial charge in [0.15, 0.2) is 5.69 Å². The maximum absolute atomic E-state index is 11.5. The molecule has 1 N–H and O–H groups in total. The first-order chi connectivity index (χ1) is 10.6. The van der Waals surface area contributed by atoms with Crippen molar-refractivity contribution in [1.29, 1.82) is 0 Å². The maximum Gasteiger partial charge on any atom is 0.358 e. The number of halogens is 1. The van der Waals surface area contributed by atoms with Crippen LogP contribution in [0.2, 0.25) is 0 Å². The molecule has 0 unspecified atom stereocenters. The van der Waals surface area contributed by atoms with Gasteiger partial charge in [0.25, 0.3) is 0 Å². The van der Waals surface area contributed by atoms with Gasteiger partial charge in [-0.2, -0.15) is 5.10 Å². The Hall–Kier alpha value is -1.74. The molecule has 22 heavy (non-hydrogen) atoms. The SMILES string of the molecule is COC(=O)c1cc(-c2sc(-c3ccc(I)cc3)nc2C)[nH]n1. The molecule has 1 aromatic carbocycles. The van der Waals surface area contributed by atoms with Gasteiger partial charge in [-0.15, -0.1) is 11.3 Å². The number of esters is 1. The predicted octanol–water partition coefficient (Wildman–Crippen LogP) is 3.90. The number of ether oxygens (including phenoxy) is 1. The Bertz CT molecular complexity index is 824. The van der Waals surface area contributed by atoms with Gasteiger partial charge in [-0.1, -0.05) is 12.1 Å². The van der Waals surface area contributed by atoms with E-state index in [4.69, 9.17) is 0 Å². The Morgan fingerprint density at radius 3 is 2.73 bits per heavy atom. The van der Waals surface area contributed by atoms with E-state index in [0.29, 0.717) is 0 Å². The van der Waals surface area contributed by atoms with Crippen LogP contribution in [0, 0.1) is 10.5 Å². The van der Waals surface area contributed by atoms with Gasteiger partial charge in [-0.05, 0) is 47.7 Å². The normalized spacial score (nSPS) is 10.7. The van der Waals surface area contributed by atoms with Gasteiger partial charge >= 0.3 is 5.97 Å². The number of hydrogen-bond acceptors (Lipinski definition) is 5. The molecule has 0 aliphatic rings. The first kappa shape index (κ1) is 15.2. The molecule has 3 aromatic rings. The molecular weight excluding hydrogens is 413 g/mol. The van der Waals surface area contributed by atoms with Gasteiger partial charge in [0.2, 0.25) is 0 Å². The smallest absolute Gasteiger partial charge is 0.358 e. The highest BCUT2D eigenvalue weighted by Crippen LogP contribution is 2.34. The molecule has 7 heteroatoms. The number of thiazole rings is 1. The molecule has 112 valence electrons. The third-order valence-electron chi connectivity index (χ3n) is 3.10. The summed E-state index contributed by atoms with van der Waals surface area (Å²) >= 11 is 3.84. The van der Waals surface area contributed by atoms with Gasteiger partial charge in [0.1, 0.15) is 5.01 Å². The maximum atomic E-state index is 11.5. The molecule has 0 saturated heterocycles. The van der Waals surface area contributed by atoms with Crippen molar-refractivity contribution in [2.45, 2.75) is 6.92 Å². The van der Waals surface area contributed by atoms with Crippen molar-refractivity contribution >= 4 is 39.9 Å². The summed E-state index contributed by atoms with van der Waals surface area (Å²) in [5, 5.41) is 7.79. The number of methoxy groups -OCH3 is 1. The molecule has 3 rings (SSSR count). The summed E-state index contributed by atoms with van der Waals surface area (Å²) in [7, 11) is 1.34. The van der Waals surface area contributed by atoms with Crippen molar-refractivity contribution in [2.75, 3.05) is 7.11 Å². The number of H-pyrrole nitrogens is 1. The van der Waals surface area contributed by atoms with Gasteiger partial charge in [-0.25, -0.2) is 9.78 Å². The summed E-state index contributed by atoms with van der Waals surface area (Å²) in [6.45, 7) is 1.95. The molecule has 0 radical (unpaired) electrons. The monoisotopic (exact) mass is 425 g/mol. The summed E-state index contributed by atoms with van der Waals surface area (Å²) in [6.07, 6.45) is 0. The fourth-order valence-corrected chi connectivity index (χ4v) is 3.41. The number of rotatable bonds is 3. The largest absolute Gasteiger partial charge is 0.464 e. The number of benzene rings is 1. The fourth-order valence-electron chi connectivity index (χ4n) is 2.01. The Labute approximate surface area is 144 Å². The van der Waals surface area contributed by atoms with Crippen LogP contribution in [0.15, 0.2) is 30.3 Å². The van der Waals surface area contributed by atoms with E-state index in [1.807, 2.05) is 6.92 Å². The van der Waals surface area contributed by atoms with Crippen molar-refractivity contribution in [3.63, 3.8) is 0 Å². The fraction of sp³-hybridized carbons (Fsp3) is 0.133. The number of aromatic amines is 1. The van der Waals surface area contributed by atoms with Crippen LogP contribution in [0.25, 0.3) is 21.1 Å². The minimum absolute atomic E-state index is 0.265. The van der Waals surface area contributed by atoms with Gasteiger partial charge < -0.3 is 4.74 Å². The second-order valence-electron chi connectivity index (χ2n) is 4.60. The lowest BCUT2D eigenvalue weighted by Gasteiger charge is -1.95. The zero-order chi connectivity index (χ0) is 15.7. The van der Waals surface area contributed by atoms with Crippen LogP contribution in [-0.2, 0) is 4.74 Å². The lowest BCUT2D eigenvalue weighted by molar-refractivity contribution is 0.0594. The van der Waals surface area contributed by atoms with E-state index in [9.17, 15) is 4.79 Å². The number of carbonyl (C=O) groups excluding carboxylic acids is 1. The van der Waals surface area contributed by atoms with E-state index in [1.165, 1.54) is 10.7 Å². The summed E-state index contributed by atoms with van der Waals surface area (Å²) < 4.78 is 5.85. The number of nitrogens with one attached hydrogen (secondary N) is 1. The lowest BCUT2D eigenvalue weighted by Crippen LogP contribution is -2.00. The standard InChI is InChI=1S/C15H12IN3O2S/c1-8-13(11-7-12(19-18-11)15(20)21-2)22-14(17-8)9-3-5-10(16)6-4-9/h3-7H,1-2H3,(H,18,19). The Kier molecular flexibility index (Phi) is 4.25. The summed E-state index contributed by atoms with van der Waals surface area (Å²) in [4.78, 5) is 17.1. The van der Waals surface area contributed by atoms with Gasteiger partial charge in [0.05, 0.1) is 23.4 Å². The van der Waals surface area contributed by atoms with Crippen LogP contribution in [0.5, 0.6) is 0 Å². The predicted molar refractivity (Wildman–Crippen MR) is 93.9 cm³/mol. The number of carbonyl (C=O) groups is 1. The van der Waals surface area contributed by atoms with Crippen molar-refractivity contribution in [2.24, 2.45) is 0 Å². The van der Waals surface area contributed by atoms with Crippen LogP contribution in [0.3, 0.4) is 0 Å². The molecule has 0 fully saturated rings. The topological polar surface area (TPSA) is 67.9 Å². The highest BCUT2D eigenvalue weighted by atomic mass is 127. The molecule has 0 bridgehead atoms. The molecule has 0 saturated carbocycles. The van der Waals surface area contributed by atoms with E-state index in [1.54, 1.807) is 17.4 Å². The van der Waals surface area contributed by atoms with Crippen LogP contribution >= 0.6 is 33.9 Å². The van der Waals surface area contributed by atoms with E-state index in [-0.39, 0.29) is 5.69 Å². The van der Waals surface area contributed by atoms with Crippen LogP contribution in [0.1, 0.15) is 16.2 Å². The zero-order valence-corrected chi connectivity index (χ0v) is 14.9. The van der Waals surface area contributed by atoms with Crippen molar-refractivity contribution < 1.29 is 9.53 Å². The van der Waals surface area contributed by atoms with Crippen LogP contribution in [0.4, 0.5) is 0 Å². The van der Waals surface area contributed by atoms with Gasteiger partial charge in [0, 0.05) is 9.13 Å². The minimum atomic E-state index is -0.456. The van der Waals surface area contributed by atoms with Crippen molar-refractivity contribution in [1.82, 2.24) is 15.2 Å². The Balaban J connectivity index is 1.97. The summed E-state index contributed by atoms with van der Waals surface area (Å²) in [5.41, 5.74) is 3.01. The Morgan fingerprint density at radius 2 is 2.05 bits per heavy atom. The van der Waals surface area contributed by atoms with E-state index < -0.39 is 5.97 Å². The second-order valence-corrected chi connectivity index (χ2v) is 6.84. The van der Waals surface area contributed by atoms with Crippen LogP contribution in [-0.4, -0.2) is 28.3 Å². The van der Waals surface area contributed by atoms with E-state index >= 15 is 0 Å².